The molecule has 4 heteroatoms. The van der Waals surface area contributed by atoms with Crippen LogP contribution in [0.15, 0.2) is 18.2 Å². The summed E-state index contributed by atoms with van der Waals surface area (Å²) in [5, 5.41) is 0. The number of amides is 1. The van der Waals surface area contributed by atoms with E-state index in [-0.39, 0.29) is 17.6 Å². The number of carbonyl (C=O) groups excluding carboxylic acids is 1. The van der Waals surface area contributed by atoms with Crippen LogP contribution in [0.4, 0.5) is 0 Å². The number of rotatable bonds is 3. The van der Waals surface area contributed by atoms with E-state index in [1.165, 1.54) is 30.4 Å². The maximum absolute atomic E-state index is 12.7. The minimum Gasteiger partial charge on any atom is -0.378 e. The average Bonchev–Trinajstić information content (AvgIpc) is 3.10. The van der Waals surface area contributed by atoms with Crippen LogP contribution >= 0.6 is 0 Å². The summed E-state index contributed by atoms with van der Waals surface area (Å²) in [6.07, 6.45) is 8.23. The lowest BCUT2D eigenvalue weighted by Crippen LogP contribution is -2.56. The Morgan fingerprint density at radius 1 is 1.24 bits per heavy atom. The van der Waals surface area contributed by atoms with Crippen LogP contribution in [0.5, 0.6) is 0 Å². The van der Waals surface area contributed by atoms with Crippen molar-refractivity contribution < 1.29 is 14.3 Å². The largest absolute Gasteiger partial charge is 0.378 e. The molecule has 3 aliphatic rings. The molecule has 2 fully saturated rings. The number of methoxy groups -OCH3 is 1. The van der Waals surface area contributed by atoms with Gasteiger partial charge in [-0.2, -0.15) is 0 Å². The Labute approximate surface area is 150 Å². The summed E-state index contributed by atoms with van der Waals surface area (Å²) in [6.45, 7) is 2.39. The van der Waals surface area contributed by atoms with Gasteiger partial charge in [0.1, 0.15) is 0 Å². The monoisotopic (exact) mass is 343 g/mol. The van der Waals surface area contributed by atoms with Crippen molar-refractivity contribution in [2.75, 3.05) is 26.8 Å². The number of ether oxygens (including phenoxy) is 2. The van der Waals surface area contributed by atoms with Crippen molar-refractivity contribution in [3.8, 4) is 0 Å². The van der Waals surface area contributed by atoms with Crippen LogP contribution in [0.25, 0.3) is 0 Å². The third-order valence-electron chi connectivity index (χ3n) is 6.35. The van der Waals surface area contributed by atoms with Gasteiger partial charge in [-0.15, -0.1) is 0 Å². The summed E-state index contributed by atoms with van der Waals surface area (Å²) in [5.41, 5.74) is 3.91. The van der Waals surface area contributed by atoms with Gasteiger partial charge in [-0.05, 0) is 61.6 Å². The van der Waals surface area contributed by atoms with E-state index in [1.807, 2.05) is 4.90 Å². The van der Waals surface area contributed by atoms with E-state index >= 15 is 0 Å². The number of hydrogen-bond donors (Lipinski definition) is 0. The number of aryl methyl sites for hydroxylation is 2. The maximum atomic E-state index is 12.7. The molecular weight excluding hydrogens is 314 g/mol. The second-order valence-electron chi connectivity index (χ2n) is 7.79. The molecule has 1 amide bonds. The Balaban J connectivity index is 1.36. The van der Waals surface area contributed by atoms with Gasteiger partial charge in [0.25, 0.3) is 0 Å². The molecule has 2 heterocycles. The van der Waals surface area contributed by atoms with Gasteiger partial charge in [0.15, 0.2) is 0 Å². The molecular formula is C21H29NO3. The van der Waals surface area contributed by atoms with Gasteiger partial charge < -0.3 is 14.4 Å². The number of carbonyl (C=O) groups is 1. The SMILES string of the molecule is CO[C@H]1CCCOC12CCN(C(=O)Cc1ccc3c(c1)CCC3)CC2. The highest BCUT2D eigenvalue weighted by molar-refractivity contribution is 5.79. The highest BCUT2D eigenvalue weighted by Gasteiger charge is 2.45. The Morgan fingerprint density at radius 2 is 2.04 bits per heavy atom. The molecule has 1 aliphatic carbocycles. The van der Waals surface area contributed by atoms with Crippen LogP contribution in [-0.2, 0) is 33.5 Å². The van der Waals surface area contributed by atoms with Gasteiger partial charge in [-0.1, -0.05) is 18.2 Å². The van der Waals surface area contributed by atoms with Crippen LogP contribution in [-0.4, -0.2) is 49.3 Å². The van der Waals surface area contributed by atoms with E-state index in [1.54, 1.807) is 7.11 Å². The molecule has 0 bridgehead atoms. The standard InChI is InChI=1S/C21H29NO3/c1-24-19-6-3-13-25-21(19)9-11-22(12-10-21)20(23)15-16-7-8-17-4-2-5-18(17)14-16/h7-8,14,19H,2-6,9-13,15H2,1H3/t19-/m0/s1. The first-order valence-electron chi connectivity index (χ1n) is 9.75. The van der Waals surface area contributed by atoms with Crippen LogP contribution in [0.1, 0.15) is 48.8 Å². The first-order valence-corrected chi connectivity index (χ1v) is 9.75. The maximum Gasteiger partial charge on any atom is 0.226 e. The molecule has 1 aromatic carbocycles. The molecule has 1 atom stereocenters. The fraction of sp³-hybridized carbons (Fsp3) is 0.667. The van der Waals surface area contributed by atoms with Crippen molar-refractivity contribution in [2.45, 2.75) is 63.1 Å². The van der Waals surface area contributed by atoms with E-state index in [4.69, 9.17) is 9.47 Å². The summed E-state index contributed by atoms with van der Waals surface area (Å²) in [6, 6.07) is 6.60. The quantitative estimate of drug-likeness (QED) is 0.847. The normalized spacial score (nSPS) is 25.2. The number of likely N-dealkylation sites (tertiary alicyclic amines) is 1. The average molecular weight is 343 g/mol. The molecule has 25 heavy (non-hydrogen) atoms. The van der Waals surface area contributed by atoms with E-state index in [0.717, 1.165) is 50.9 Å². The molecule has 4 nitrogen and oxygen atoms in total. The minimum absolute atomic E-state index is 0.169. The second kappa shape index (κ2) is 7.08. The lowest BCUT2D eigenvalue weighted by Gasteiger charge is -2.48. The highest BCUT2D eigenvalue weighted by Crippen LogP contribution is 2.37. The zero-order valence-electron chi connectivity index (χ0n) is 15.3. The minimum atomic E-state index is -0.169. The summed E-state index contributed by atoms with van der Waals surface area (Å²) in [5.74, 6) is 0.248. The second-order valence-corrected chi connectivity index (χ2v) is 7.79. The Hall–Kier alpha value is -1.39. The van der Waals surface area contributed by atoms with Crippen molar-refractivity contribution >= 4 is 5.91 Å². The van der Waals surface area contributed by atoms with Gasteiger partial charge in [0.05, 0.1) is 18.1 Å². The predicted molar refractivity (Wildman–Crippen MR) is 96.7 cm³/mol. The van der Waals surface area contributed by atoms with Crippen LogP contribution in [0.3, 0.4) is 0 Å². The van der Waals surface area contributed by atoms with Crippen LogP contribution in [0, 0.1) is 0 Å². The molecule has 1 spiro atoms. The van der Waals surface area contributed by atoms with Gasteiger partial charge >= 0.3 is 0 Å². The molecule has 2 aliphatic heterocycles. The molecule has 4 rings (SSSR count). The van der Waals surface area contributed by atoms with E-state index in [2.05, 4.69) is 18.2 Å². The number of piperidine rings is 1. The molecule has 2 saturated heterocycles. The van der Waals surface area contributed by atoms with Crippen molar-refractivity contribution in [3.05, 3.63) is 34.9 Å². The molecule has 136 valence electrons. The van der Waals surface area contributed by atoms with Crippen molar-refractivity contribution in [3.63, 3.8) is 0 Å². The fourth-order valence-electron chi connectivity index (χ4n) is 4.86. The number of nitrogens with zero attached hydrogens (tertiary/aromatic N) is 1. The molecule has 0 saturated carbocycles. The summed E-state index contributed by atoms with van der Waals surface area (Å²) in [7, 11) is 1.78. The van der Waals surface area contributed by atoms with Crippen LogP contribution < -0.4 is 0 Å². The van der Waals surface area contributed by atoms with E-state index < -0.39 is 0 Å². The highest BCUT2D eigenvalue weighted by atomic mass is 16.5. The van der Waals surface area contributed by atoms with Gasteiger partial charge in [-0.25, -0.2) is 0 Å². The summed E-state index contributed by atoms with van der Waals surface area (Å²) < 4.78 is 11.8. The van der Waals surface area contributed by atoms with Gasteiger partial charge in [-0.3, -0.25) is 4.79 Å². The molecule has 0 N–H and O–H groups in total. The van der Waals surface area contributed by atoms with Gasteiger partial charge in [0.2, 0.25) is 5.91 Å². The van der Waals surface area contributed by atoms with Crippen molar-refractivity contribution in [2.24, 2.45) is 0 Å². The Kier molecular flexibility index (Phi) is 4.83. The van der Waals surface area contributed by atoms with E-state index in [9.17, 15) is 4.79 Å². The topological polar surface area (TPSA) is 38.8 Å². The fourth-order valence-corrected chi connectivity index (χ4v) is 4.86. The third kappa shape index (κ3) is 3.34. The lowest BCUT2D eigenvalue weighted by molar-refractivity contribution is -0.188. The smallest absolute Gasteiger partial charge is 0.226 e. The summed E-state index contributed by atoms with van der Waals surface area (Å²) in [4.78, 5) is 14.8. The molecule has 1 aromatic rings. The molecule has 0 radical (unpaired) electrons. The molecule has 0 unspecified atom stereocenters. The molecule has 0 aromatic heterocycles. The zero-order chi connectivity index (χ0) is 17.3. The van der Waals surface area contributed by atoms with Crippen LogP contribution in [0.2, 0.25) is 0 Å². The first-order chi connectivity index (χ1) is 12.2. The van der Waals surface area contributed by atoms with E-state index in [0.29, 0.717) is 6.42 Å². The lowest BCUT2D eigenvalue weighted by atomic mass is 9.81. The van der Waals surface area contributed by atoms with Crippen molar-refractivity contribution in [1.82, 2.24) is 4.90 Å². The zero-order valence-corrected chi connectivity index (χ0v) is 15.3. The van der Waals surface area contributed by atoms with Gasteiger partial charge in [0, 0.05) is 26.8 Å². The predicted octanol–water partition coefficient (Wildman–Crippen LogP) is 2.90. The third-order valence-corrected chi connectivity index (χ3v) is 6.35. The Bertz CT molecular complexity index is 634. The number of fused-ring (bicyclic) bond motifs is 1. The van der Waals surface area contributed by atoms with Crippen molar-refractivity contribution in [1.29, 1.82) is 0 Å². The first kappa shape index (κ1) is 17.0. The summed E-state index contributed by atoms with van der Waals surface area (Å²) >= 11 is 0. The number of hydrogen-bond acceptors (Lipinski definition) is 3. The number of benzene rings is 1. The Morgan fingerprint density at radius 3 is 2.84 bits per heavy atom.